The smallest absolute Gasteiger partial charge is 0.137 e. The van der Waals surface area contributed by atoms with Crippen molar-refractivity contribution in [2.75, 3.05) is 6.61 Å². The molecule has 0 radical (unpaired) electrons. The fraction of sp³-hybridized carbons (Fsp3) is 0.625. The molecule has 1 N–H and O–H groups in total. The Bertz CT molecular complexity index is 390. The van der Waals surface area contributed by atoms with Gasteiger partial charge in [-0.15, -0.1) is 0 Å². The molecule has 0 aliphatic heterocycles. The molecule has 1 aliphatic carbocycles. The molecule has 3 heteroatoms. The Hall–Kier alpha value is -0.730. The van der Waals surface area contributed by atoms with Gasteiger partial charge in [-0.1, -0.05) is 43.9 Å². The second-order valence-corrected chi connectivity index (χ2v) is 5.74. The summed E-state index contributed by atoms with van der Waals surface area (Å²) in [5, 5.41) is 4.21. The van der Waals surface area contributed by atoms with Gasteiger partial charge in [0.25, 0.3) is 0 Å². The summed E-state index contributed by atoms with van der Waals surface area (Å²) in [4.78, 5) is 0. The van der Waals surface area contributed by atoms with Crippen LogP contribution in [0.25, 0.3) is 0 Å². The summed E-state index contributed by atoms with van der Waals surface area (Å²) in [6, 6.07) is 6.83. The Morgan fingerprint density at radius 3 is 2.79 bits per heavy atom. The summed E-state index contributed by atoms with van der Waals surface area (Å²) < 4.78 is 5.72. The van der Waals surface area contributed by atoms with E-state index in [1.807, 2.05) is 12.1 Å². The number of hydrogen-bond donors (Lipinski definition) is 1. The Balaban J connectivity index is 1.73. The summed E-state index contributed by atoms with van der Waals surface area (Å²) in [5.41, 5.74) is 1.23. The van der Waals surface area contributed by atoms with E-state index >= 15 is 0 Å². The number of unbranched alkanes of at least 4 members (excludes halogenated alkanes) is 3. The second-order valence-electron chi connectivity index (χ2n) is 5.33. The normalized spacial score (nSPS) is 14.6. The van der Waals surface area contributed by atoms with Gasteiger partial charge in [0.1, 0.15) is 5.75 Å². The van der Waals surface area contributed by atoms with Crippen molar-refractivity contribution in [2.24, 2.45) is 0 Å². The molecule has 0 bridgehead atoms. The number of nitrogens with one attached hydrogen (secondary N) is 1. The predicted molar refractivity (Wildman–Crippen MR) is 81.0 cm³/mol. The van der Waals surface area contributed by atoms with Crippen LogP contribution in [0, 0.1) is 0 Å². The third kappa shape index (κ3) is 5.42. The summed E-state index contributed by atoms with van der Waals surface area (Å²) in [6.45, 7) is 3.88. The van der Waals surface area contributed by atoms with Crippen molar-refractivity contribution in [2.45, 2.75) is 58.0 Å². The Morgan fingerprint density at radius 2 is 2.11 bits per heavy atom. The highest BCUT2D eigenvalue weighted by Gasteiger charge is 2.19. The van der Waals surface area contributed by atoms with Gasteiger partial charge in [-0.05, 0) is 37.0 Å². The molecule has 1 aromatic carbocycles. The van der Waals surface area contributed by atoms with Gasteiger partial charge in [0, 0.05) is 12.6 Å². The van der Waals surface area contributed by atoms with Crippen LogP contribution in [0.2, 0.25) is 5.02 Å². The van der Waals surface area contributed by atoms with Crippen LogP contribution in [0.1, 0.15) is 51.0 Å². The van der Waals surface area contributed by atoms with Gasteiger partial charge in [0.2, 0.25) is 0 Å². The zero-order chi connectivity index (χ0) is 13.5. The van der Waals surface area contributed by atoms with Crippen LogP contribution in [-0.4, -0.2) is 12.6 Å². The molecule has 0 amide bonds. The van der Waals surface area contributed by atoms with Crippen molar-refractivity contribution in [3.63, 3.8) is 0 Å². The Morgan fingerprint density at radius 1 is 1.26 bits per heavy atom. The first kappa shape index (κ1) is 14.7. The molecular weight excluding hydrogens is 258 g/mol. The van der Waals surface area contributed by atoms with E-state index in [0.29, 0.717) is 0 Å². The number of hydrogen-bond acceptors (Lipinski definition) is 2. The van der Waals surface area contributed by atoms with Gasteiger partial charge >= 0.3 is 0 Å². The molecule has 1 saturated carbocycles. The molecule has 0 aromatic heterocycles. The van der Waals surface area contributed by atoms with Crippen LogP contribution in [0.5, 0.6) is 5.75 Å². The van der Waals surface area contributed by atoms with Crippen molar-refractivity contribution in [3.8, 4) is 5.75 Å². The van der Waals surface area contributed by atoms with Crippen molar-refractivity contribution < 1.29 is 4.74 Å². The van der Waals surface area contributed by atoms with Gasteiger partial charge in [0.05, 0.1) is 11.6 Å². The van der Waals surface area contributed by atoms with Gasteiger partial charge in [0.15, 0.2) is 0 Å². The highest BCUT2D eigenvalue weighted by atomic mass is 35.5. The lowest BCUT2D eigenvalue weighted by Gasteiger charge is -2.10. The number of rotatable bonds is 9. The van der Waals surface area contributed by atoms with Gasteiger partial charge in [-0.25, -0.2) is 0 Å². The first-order chi connectivity index (χ1) is 9.29. The minimum absolute atomic E-state index is 0.727. The maximum atomic E-state index is 6.25. The fourth-order valence-corrected chi connectivity index (χ4v) is 2.29. The van der Waals surface area contributed by atoms with Crippen LogP contribution < -0.4 is 10.1 Å². The summed E-state index contributed by atoms with van der Waals surface area (Å²) in [7, 11) is 0. The van der Waals surface area contributed by atoms with E-state index in [0.717, 1.165) is 36.4 Å². The number of benzene rings is 1. The third-order valence-electron chi connectivity index (χ3n) is 3.42. The largest absolute Gasteiger partial charge is 0.492 e. The van der Waals surface area contributed by atoms with E-state index in [2.05, 4.69) is 18.3 Å². The standard InChI is InChI=1S/C16H24ClNO/c1-2-3-4-5-10-19-16-9-6-13(11-15(16)17)12-18-14-7-8-14/h6,9,11,14,18H,2-5,7-8,10,12H2,1H3. The minimum Gasteiger partial charge on any atom is -0.492 e. The molecule has 0 atom stereocenters. The lowest BCUT2D eigenvalue weighted by molar-refractivity contribution is 0.305. The third-order valence-corrected chi connectivity index (χ3v) is 3.72. The van der Waals surface area contributed by atoms with Crippen LogP contribution in [0.3, 0.4) is 0 Å². The molecule has 1 aliphatic rings. The van der Waals surface area contributed by atoms with Crippen LogP contribution in [-0.2, 0) is 6.54 Å². The van der Waals surface area contributed by atoms with Crippen LogP contribution >= 0.6 is 11.6 Å². The van der Waals surface area contributed by atoms with Crippen LogP contribution in [0.4, 0.5) is 0 Å². The topological polar surface area (TPSA) is 21.3 Å². The molecule has 0 unspecified atom stereocenters. The number of halogens is 1. The zero-order valence-electron chi connectivity index (χ0n) is 11.8. The highest BCUT2D eigenvalue weighted by molar-refractivity contribution is 6.32. The molecule has 106 valence electrons. The molecule has 1 aromatic rings. The molecular formula is C16H24ClNO. The first-order valence-corrected chi connectivity index (χ1v) is 7.82. The molecule has 0 heterocycles. The van der Waals surface area contributed by atoms with Crippen molar-refractivity contribution in [1.29, 1.82) is 0 Å². The van der Waals surface area contributed by atoms with E-state index < -0.39 is 0 Å². The second kappa shape index (κ2) is 7.76. The molecule has 0 saturated heterocycles. The van der Waals surface area contributed by atoms with Gasteiger partial charge in [-0.2, -0.15) is 0 Å². The zero-order valence-corrected chi connectivity index (χ0v) is 12.5. The maximum Gasteiger partial charge on any atom is 0.137 e. The number of ether oxygens (including phenoxy) is 1. The van der Waals surface area contributed by atoms with Crippen molar-refractivity contribution in [1.82, 2.24) is 5.32 Å². The lowest BCUT2D eigenvalue weighted by atomic mass is 10.2. The van der Waals surface area contributed by atoms with Crippen LogP contribution in [0.15, 0.2) is 18.2 Å². The average Bonchev–Trinajstić information content (AvgIpc) is 3.22. The summed E-state index contributed by atoms with van der Waals surface area (Å²) in [5.74, 6) is 0.813. The van der Waals surface area contributed by atoms with E-state index in [-0.39, 0.29) is 0 Å². The maximum absolute atomic E-state index is 6.25. The molecule has 19 heavy (non-hydrogen) atoms. The molecule has 2 rings (SSSR count). The summed E-state index contributed by atoms with van der Waals surface area (Å²) in [6.07, 6.45) is 7.50. The molecule has 2 nitrogen and oxygen atoms in total. The van der Waals surface area contributed by atoms with Gasteiger partial charge < -0.3 is 10.1 Å². The highest BCUT2D eigenvalue weighted by Crippen LogP contribution is 2.26. The fourth-order valence-electron chi connectivity index (χ4n) is 2.03. The van der Waals surface area contributed by atoms with Crippen molar-refractivity contribution in [3.05, 3.63) is 28.8 Å². The Kier molecular flexibility index (Phi) is 5.99. The minimum atomic E-state index is 0.727. The molecule has 0 spiro atoms. The van der Waals surface area contributed by atoms with E-state index in [9.17, 15) is 0 Å². The van der Waals surface area contributed by atoms with E-state index in [1.54, 1.807) is 0 Å². The summed E-state index contributed by atoms with van der Waals surface area (Å²) >= 11 is 6.25. The lowest BCUT2D eigenvalue weighted by Crippen LogP contribution is -2.15. The predicted octanol–water partition coefficient (Wildman–Crippen LogP) is 4.55. The monoisotopic (exact) mass is 281 g/mol. The van der Waals surface area contributed by atoms with E-state index in [1.165, 1.54) is 37.7 Å². The van der Waals surface area contributed by atoms with Gasteiger partial charge in [-0.3, -0.25) is 0 Å². The quantitative estimate of drug-likeness (QED) is 0.671. The SMILES string of the molecule is CCCCCCOc1ccc(CNC2CC2)cc1Cl. The molecule has 1 fully saturated rings. The first-order valence-electron chi connectivity index (χ1n) is 7.44. The van der Waals surface area contributed by atoms with Crippen molar-refractivity contribution >= 4 is 11.6 Å². The van der Waals surface area contributed by atoms with E-state index in [4.69, 9.17) is 16.3 Å². The average molecular weight is 282 g/mol. The Labute approximate surface area is 121 Å².